The van der Waals surface area contributed by atoms with Gasteiger partial charge in [-0.05, 0) is 25.1 Å². The summed E-state index contributed by atoms with van der Waals surface area (Å²) in [5.74, 6) is -0.0627. The molecule has 2 heterocycles. The Morgan fingerprint density at radius 2 is 2.09 bits per heavy atom. The third-order valence-electron chi connectivity index (χ3n) is 3.13. The Hall–Kier alpha value is -2.05. The number of hydrogen-bond acceptors (Lipinski definition) is 6. The van der Waals surface area contributed by atoms with Gasteiger partial charge >= 0.3 is 5.97 Å². The highest BCUT2D eigenvalue weighted by atomic mass is 35.5. The van der Waals surface area contributed by atoms with Crippen LogP contribution in [0.5, 0.6) is 0 Å². The largest absolute Gasteiger partial charge is 0.462 e. The predicted molar refractivity (Wildman–Crippen MR) is 85.5 cm³/mol. The number of fused-ring (bicyclic) bond motifs is 2. The van der Waals surface area contributed by atoms with Crippen molar-refractivity contribution in [1.29, 1.82) is 0 Å². The van der Waals surface area contributed by atoms with Crippen LogP contribution in [0.3, 0.4) is 0 Å². The Bertz CT molecular complexity index is 807. The summed E-state index contributed by atoms with van der Waals surface area (Å²) in [7, 11) is 1.74. The molecule has 1 aliphatic heterocycles. The minimum Gasteiger partial charge on any atom is -0.462 e. The number of rotatable bonds is 2. The molecule has 6 nitrogen and oxygen atoms in total. The highest BCUT2D eigenvalue weighted by Gasteiger charge is 2.30. The van der Waals surface area contributed by atoms with Crippen LogP contribution in [0.2, 0.25) is 5.02 Å². The molecule has 0 unspecified atom stereocenters. The van der Waals surface area contributed by atoms with Gasteiger partial charge in [-0.2, -0.15) is 0 Å². The van der Waals surface area contributed by atoms with Gasteiger partial charge in [0.2, 0.25) is 0 Å². The lowest BCUT2D eigenvalue weighted by Crippen LogP contribution is -2.38. The fraction of sp³-hybridized carbons (Fsp3) is 0.214. The van der Waals surface area contributed by atoms with Crippen LogP contribution in [0.25, 0.3) is 16.6 Å². The van der Waals surface area contributed by atoms with E-state index in [1.165, 1.54) is 0 Å². The first kappa shape index (κ1) is 14.9. The minimum atomic E-state index is -0.551. The molecule has 0 amide bonds. The number of halogens is 2. The normalized spacial score (nSPS) is 13.9. The first-order valence-electron chi connectivity index (χ1n) is 6.56. The van der Waals surface area contributed by atoms with Crippen molar-refractivity contribution in [2.45, 2.75) is 6.92 Å². The lowest BCUT2D eigenvalue weighted by atomic mass is 10.1. The third-order valence-corrected chi connectivity index (χ3v) is 3.64. The van der Waals surface area contributed by atoms with Crippen molar-refractivity contribution in [1.82, 2.24) is 15.4 Å². The number of hydrazine groups is 1. The van der Waals surface area contributed by atoms with E-state index in [2.05, 4.69) is 15.4 Å². The zero-order valence-corrected chi connectivity index (χ0v) is 13.4. The third kappa shape index (κ3) is 2.44. The van der Waals surface area contributed by atoms with Crippen molar-refractivity contribution in [3.63, 3.8) is 0 Å². The zero-order valence-electron chi connectivity index (χ0n) is 11.9. The van der Waals surface area contributed by atoms with Crippen molar-refractivity contribution < 1.29 is 9.53 Å². The maximum absolute atomic E-state index is 12.2. The predicted octanol–water partition coefficient (Wildman–Crippen LogP) is 2.71. The van der Waals surface area contributed by atoms with Gasteiger partial charge in [0, 0.05) is 12.1 Å². The summed E-state index contributed by atoms with van der Waals surface area (Å²) in [6.45, 7) is 1.96. The molecule has 1 aliphatic rings. The molecular weight excluding hydrogens is 327 g/mol. The monoisotopic (exact) mass is 338 g/mol. The number of benzene rings is 1. The molecule has 114 valence electrons. The molecule has 0 saturated heterocycles. The fourth-order valence-corrected chi connectivity index (χ4v) is 2.63. The van der Waals surface area contributed by atoms with Gasteiger partial charge in [-0.25, -0.2) is 14.8 Å². The summed E-state index contributed by atoms with van der Waals surface area (Å²) in [6.07, 6.45) is 0. The molecule has 0 aliphatic carbocycles. The molecule has 0 radical (unpaired) electrons. The van der Waals surface area contributed by atoms with Crippen LogP contribution >= 0.6 is 23.2 Å². The first-order chi connectivity index (χ1) is 10.5. The Kier molecular flexibility index (Phi) is 3.80. The number of carbonyl (C=O) groups is 1. The van der Waals surface area contributed by atoms with Crippen LogP contribution in [0.4, 0.5) is 5.82 Å². The van der Waals surface area contributed by atoms with E-state index in [0.717, 1.165) is 0 Å². The first-order valence-corrected chi connectivity index (χ1v) is 7.31. The van der Waals surface area contributed by atoms with Gasteiger partial charge < -0.3 is 4.74 Å². The number of aromatic nitrogens is 2. The second-order valence-electron chi connectivity index (χ2n) is 4.61. The topological polar surface area (TPSA) is 67.3 Å². The van der Waals surface area contributed by atoms with Crippen LogP contribution in [0.1, 0.15) is 12.6 Å². The zero-order chi connectivity index (χ0) is 15.9. The van der Waals surface area contributed by atoms with E-state index in [1.54, 1.807) is 37.2 Å². The fourth-order valence-electron chi connectivity index (χ4n) is 2.17. The number of carbonyl (C=O) groups excluding carboxylic acids is 1. The Labute approximate surface area is 136 Å². The molecule has 8 heteroatoms. The second-order valence-corrected chi connectivity index (χ2v) is 5.42. The van der Waals surface area contributed by atoms with Crippen molar-refractivity contribution >= 4 is 51.6 Å². The quantitative estimate of drug-likeness (QED) is 0.670. The molecule has 0 bridgehead atoms. The summed E-state index contributed by atoms with van der Waals surface area (Å²) in [4.78, 5) is 21.2. The van der Waals surface area contributed by atoms with Crippen molar-refractivity contribution in [3.05, 3.63) is 34.1 Å². The smallest absolute Gasteiger partial charge is 0.343 e. The minimum absolute atomic E-state index is 0.143. The summed E-state index contributed by atoms with van der Waals surface area (Å²) in [5, 5.41) is 2.28. The molecule has 0 fully saturated rings. The number of nitrogens with one attached hydrogen (secondary N) is 1. The lowest BCUT2D eigenvalue weighted by molar-refractivity contribution is -0.136. The van der Waals surface area contributed by atoms with Gasteiger partial charge in [0.25, 0.3) is 0 Å². The lowest BCUT2D eigenvalue weighted by Gasteiger charge is -2.28. The highest BCUT2D eigenvalue weighted by molar-refractivity contribution is 6.39. The van der Waals surface area contributed by atoms with Crippen molar-refractivity contribution in [3.8, 4) is 0 Å². The standard InChI is InChI=1S/C14H12Cl2N4O2/c1-3-22-14(21)10-11-13(20(2)19-12(10)16)18-8-5-4-7(15)6-9(8)17-11/h4-6,19H,3H2,1-2H3. The van der Waals surface area contributed by atoms with E-state index in [-0.39, 0.29) is 17.3 Å². The Morgan fingerprint density at radius 3 is 2.82 bits per heavy atom. The van der Waals surface area contributed by atoms with Crippen LogP contribution in [0, 0.1) is 0 Å². The Morgan fingerprint density at radius 1 is 1.32 bits per heavy atom. The van der Waals surface area contributed by atoms with Gasteiger partial charge in [0.05, 0.1) is 17.6 Å². The van der Waals surface area contributed by atoms with E-state index in [9.17, 15) is 4.79 Å². The van der Waals surface area contributed by atoms with E-state index < -0.39 is 5.97 Å². The van der Waals surface area contributed by atoms with E-state index in [0.29, 0.717) is 27.6 Å². The molecule has 22 heavy (non-hydrogen) atoms. The summed E-state index contributed by atoms with van der Waals surface area (Å²) >= 11 is 12.1. The van der Waals surface area contributed by atoms with E-state index >= 15 is 0 Å². The molecule has 0 atom stereocenters. The van der Waals surface area contributed by atoms with E-state index in [4.69, 9.17) is 27.9 Å². The number of nitrogens with zero attached hydrogens (tertiary/aromatic N) is 3. The van der Waals surface area contributed by atoms with Gasteiger partial charge in [-0.15, -0.1) is 0 Å². The number of hydrogen-bond donors (Lipinski definition) is 1. The number of anilines is 1. The molecule has 1 N–H and O–H groups in total. The molecule has 0 saturated carbocycles. The Balaban J connectivity index is 2.24. The maximum Gasteiger partial charge on any atom is 0.343 e. The van der Waals surface area contributed by atoms with Gasteiger partial charge in [0.15, 0.2) is 5.82 Å². The van der Waals surface area contributed by atoms with Gasteiger partial charge in [0.1, 0.15) is 16.4 Å². The highest BCUT2D eigenvalue weighted by Crippen LogP contribution is 2.33. The van der Waals surface area contributed by atoms with Crippen LogP contribution < -0.4 is 10.4 Å². The van der Waals surface area contributed by atoms with E-state index in [1.807, 2.05) is 0 Å². The van der Waals surface area contributed by atoms with Crippen LogP contribution in [-0.2, 0) is 9.53 Å². The molecule has 1 aromatic heterocycles. The number of ether oxygens (including phenoxy) is 1. The van der Waals surface area contributed by atoms with Crippen LogP contribution in [-0.4, -0.2) is 29.6 Å². The molecule has 3 rings (SSSR count). The molecule has 0 spiro atoms. The average Bonchev–Trinajstić information content (AvgIpc) is 2.46. The second kappa shape index (κ2) is 5.62. The van der Waals surface area contributed by atoms with Crippen LogP contribution in [0.15, 0.2) is 23.4 Å². The van der Waals surface area contributed by atoms with Crippen molar-refractivity contribution in [2.75, 3.05) is 18.7 Å². The average molecular weight is 339 g/mol. The van der Waals surface area contributed by atoms with Gasteiger partial charge in [-0.3, -0.25) is 10.4 Å². The summed E-state index contributed by atoms with van der Waals surface area (Å²) in [5.41, 5.74) is 4.61. The molecular formula is C14H12Cl2N4O2. The molecule has 2 aromatic rings. The molecule has 1 aromatic carbocycles. The number of esters is 1. The SMILES string of the molecule is CCOC(=O)C1=C(Cl)NN(C)c2nc3ccc(Cl)cc3nc21. The maximum atomic E-state index is 12.2. The van der Waals surface area contributed by atoms with Gasteiger partial charge in [-0.1, -0.05) is 23.2 Å². The van der Waals surface area contributed by atoms with Crippen molar-refractivity contribution in [2.24, 2.45) is 0 Å². The summed E-state index contributed by atoms with van der Waals surface area (Å²) in [6, 6.07) is 5.18. The summed E-state index contributed by atoms with van der Waals surface area (Å²) < 4.78 is 5.05.